The Morgan fingerprint density at radius 1 is 1.21 bits per heavy atom. The number of aromatic hydroxyl groups is 1. The Morgan fingerprint density at radius 2 is 2.00 bits per heavy atom. The summed E-state index contributed by atoms with van der Waals surface area (Å²) in [6.07, 6.45) is 0. The van der Waals surface area contributed by atoms with Gasteiger partial charge in [-0.25, -0.2) is 5.48 Å². The van der Waals surface area contributed by atoms with Gasteiger partial charge < -0.3 is 14.6 Å². The molecule has 1 aromatic heterocycles. The van der Waals surface area contributed by atoms with E-state index in [1.165, 1.54) is 12.6 Å². The maximum atomic E-state index is 11.1. The molecule has 0 atom stereocenters. The molecule has 0 aliphatic heterocycles. The first-order valence-electron chi connectivity index (χ1n) is 8.49. The van der Waals surface area contributed by atoms with Crippen molar-refractivity contribution in [1.82, 2.24) is 10.5 Å². The fraction of sp³-hybridized carbons (Fsp3) is 0.143. The topological polar surface area (TPSA) is 101 Å². The lowest BCUT2D eigenvalue weighted by molar-refractivity contribution is -0.134. The lowest BCUT2D eigenvalue weighted by Crippen LogP contribution is -2.23. The number of para-hydroxylation sites is 1. The minimum absolute atomic E-state index is 0.0260. The number of hydrogen-bond acceptors (Lipinski definition) is 6. The Kier molecular flexibility index (Phi) is 5.88. The Hall–Kier alpha value is -3.42. The van der Waals surface area contributed by atoms with Crippen molar-refractivity contribution in [3.05, 3.63) is 71.9 Å². The van der Waals surface area contributed by atoms with Crippen molar-refractivity contribution >= 4 is 22.4 Å². The van der Waals surface area contributed by atoms with Crippen molar-refractivity contribution in [2.45, 2.75) is 6.61 Å². The highest BCUT2D eigenvalue weighted by molar-refractivity contribution is 5.95. The smallest absolute Gasteiger partial charge is 0.269 e. The Bertz CT molecular complexity index is 1030. The van der Waals surface area contributed by atoms with E-state index in [1.807, 2.05) is 36.4 Å². The fourth-order valence-corrected chi connectivity index (χ4v) is 2.87. The second-order valence-electron chi connectivity index (χ2n) is 6.07. The van der Waals surface area contributed by atoms with Gasteiger partial charge in [0.05, 0.1) is 24.9 Å². The zero-order valence-electron chi connectivity index (χ0n) is 15.3. The lowest BCUT2D eigenvalue weighted by Gasteiger charge is -2.13. The van der Waals surface area contributed by atoms with Crippen LogP contribution in [0.15, 0.2) is 55.1 Å². The zero-order chi connectivity index (χ0) is 20.1. The maximum Gasteiger partial charge on any atom is 0.269 e. The molecule has 7 nitrogen and oxygen atoms in total. The second-order valence-corrected chi connectivity index (χ2v) is 6.07. The van der Waals surface area contributed by atoms with E-state index >= 15 is 0 Å². The third kappa shape index (κ3) is 4.11. The monoisotopic (exact) mass is 380 g/mol. The summed E-state index contributed by atoms with van der Waals surface area (Å²) in [4.78, 5) is 15.7. The molecular formula is C21H20N2O5. The van der Waals surface area contributed by atoms with E-state index in [2.05, 4.69) is 11.6 Å². The molecule has 0 radical (unpaired) electrons. The third-order valence-corrected chi connectivity index (χ3v) is 4.23. The molecule has 0 aliphatic carbocycles. The van der Waals surface area contributed by atoms with E-state index in [0.717, 1.165) is 22.0 Å². The summed E-state index contributed by atoms with van der Waals surface area (Å²) in [6, 6.07) is 14.5. The number of nitrogens with one attached hydrogen (secondary N) is 1. The van der Waals surface area contributed by atoms with Crippen LogP contribution in [0.25, 0.3) is 16.5 Å². The Balaban J connectivity index is 1.97. The minimum atomic E-state index is -0.640. The Morgan fingerprint density at radius 3 is 2.71 bits per heavy atom. The van der Waals surface area contributed by atoms with Gasteiger partial charge in [0.15, 0.2) is 11.5 Å². The van der Waals surface area contributed by atoms with Crippen LogP contribution >= 0.6 is 0 Å². The zero-order valence-corrected chi connectivity index (χ0v) is 15.3. The van der Waals surface area contributed by atoms with Gasteiger partial charge >= 0.3 is 0 Å². The van der Waals surface area contributed by atoms with Crippen LogP contribution in [0, 0.1) is 0 Å². The third-order valence-electron chi connectivity index (χ3n) is 4.23. The van der Waals surface area contributed by atoms with Gasteiger partial charge in [0, 0.05) is 5.39 Å². The molecule has 144 valence electrons. The van der Waals surface area contributed by atoms with E-state index in [0.29, 0.717) is 17.0 Å². The highest BCUT2D eigenvalue weighted by atomic mass is 16.5. The number of fused-ring (bicyclic) bond motifs is 1. The molecule has 0 bridgehead atoms. The SMILES string of the molecule is C=C(c1ccc(OC)c(O)c1)c1cc(COCC(=O)NO)nc2ccccc12. The molecule has 1 amide bonds. The maximum absolute atomic E-state index is 11.1. The minimum Gasteiger partial charge on any atom is -0.504 e. The number of rotatable bonds is 7. The van der Waals surface area contributed by atoms with Crippen LogP contribution in [0.1, 0.15) is 16.8 Å². The molecule has 3 rings (SSSR count). The molecule has 0 fully saturated rings. The number of phenolic OH excluding ortho intramolecular Hbond substituents is 1. The molecule has 0 unspecified atom stereocenters. The summed E-state index contributed by atoms with van der Waals surface area (Å²) in [7, 11) is 1.49. The van der Waals surface area contributed by atoms with E-state index in [1.54, 1.807) is 12.1 Å². The number of carbonyl (C=O) groups excluding carboxylic acids is 1. The number of hydrogen-bond donors (Lipinski definition) is 3. The van der Waals surface area contributed by atoms with Gasteiger partial charge in [-0.3, -0.25) is 15.0 Å². The van der Waals surface area contributed by atoms with Crippen LogP contribution in [0.2, 0.25) is 0 Å². The van der Waals surface area contributed by atoms with Gasteiger partial charge in [0.1, 0.15) is 6.61 Å². The number of phenols is 1. The second kappa shape index (κ2) is 8.51. The van der Waals surface area contributed by atoms with E-state index in [-0.39, 0.29) is 19.0 Å². The number of amides is 1. The van der Waals surface area contributed by atoms with Crippen molar-refractivity contribution in [2.24, 2.45) is 0 Å². The summed E-state index contributed by atoms with van der Waals surface area (Å²) in [5.41, 5.74) is 5.15. The predicted octanol–water partition coefficient (Wildman–Crippen LogP) is 3.03. The highest BCUT2D eigenvalue weighted by Gasteiger charge is 2.13. The summed E-state index contributed by atoms with van der Waals surface area (Å²) in [5, 5.41) is 19.5. The fourth-order valence-electron chi connectivity index (χ4n) is 2.87. The largest absolute Gasteiger partial charge is 0.504 e. The van der Waals surface area contributed by atoms with E-state index in [9.17, 15) is 9.90 Å². The van der Waals surface area contributed by atoms with Gasteiger partial charge in [-0.1, -0.05) is 30.8 Å². The standard InChI is InChI=1S/C21H20N2O5/c1-13(14-7-8-20(27-2)19(24)9-14)17-10-15(11-28-12-21(25)23-26)22-18-6-4-3-5-16(17)18/h3-10,24,26H,1,11-12H2,2H3,(H,23,25). The van der Waals surface area contributed by atoms with Crippen LogP contribution in [0.3, 0.4) is 0 Å². The van der Waals surface area contributed by atoms with Crippen LogP contribution in [0.5, 0.6) is 11.5 Å². The van der Waals surface area contributed by atoms with E-state index in [4.69, 9.17) is 14.7 Å². The van der Waals surface area contributed by atoms with Crippen molar-refractivity contribution < 1.29 is 24.6 Å². The molecule has 3 N–H and O–H groups in total. The summed E-state index contributed by atoms with van der Waals surface area (Å²) in [6.45, 7) is 3.99. The van der Waals surface area contributed by atoms with Crippen molar-refractivity contribution in [3.8, 4) is 11.5 Å². The predicted molar refractivity (Wildman–Crippen MR) is 104 cm³/mol. The van der Waals surface area contributed by atoms with Gasteiger partial charge in [-0.05, 0) is 41.0 Å². The van der Waals surface area contributed by atoms with Gasteiger partial charge in [-0.2, -0.15) is 0 Å². The number of nitrogens with zero attached hydrogens (tertiary/aromatic N) is 1. The first kappa shape index (κ1) is 19.3. The number of ether oxygens (including phenoxy) is 2. The quantitative estimate of drug-likeness (QED) is 0.430. The average Bonchev–Trinajstić information content (AvgIpc) is 2.72. The average molecular weight is 380 g/mol. The summed E-state index contributed by atoms with van der Waals surface area (Å²) < 4.78 is 10.4. The summed E-state index contributed by atoms with van der Waals surface area (Å²) >= 11 is 0. The first-order chi connectivity index (χ1) is 13.5. The van der Waals surface area contributed by atoms with Gasteiger partial charge in [0.2, 0.25) is 0 Å². The molecule has 0 saturated carbocycles. The molecule has 2 aromatic carbocycles. The molecule has 3 aromatic rings. The number of methoxy groups -OCH3 is 1. The number of hydroxylamine groups is 1. The van der Waals surface area contributed by atoms with Crippen LogP contribution < -0.4 is 10.2 Å². The molecule has 0 saturated heterocycles. The van der Waals surface area contributed by atoms with Gasteiger partial charge in [-0.15, -0.1) is 0 Å². The summed E-state index contributed by atoms with van der Waals surface area (Å²) in [5.74, 6) is -0.232. The number of carbonyl (C=O) groups is 1. The van der Waals surface area contributed by atoms with Gasteiger partial charge in [0.25, 0.3) is 5.91 Å². The van der Waals surface area contributed by atoms with Crippen molar-refractivity contribution in [2.75, 3.05) is 13.7 Å². The first-order valence-corrected chi connectivity index (χ1v) is 8.49. The van der Waals surface area contributed by atoms with Crippen molar-refractivity contribution in [3.63, 3.8) is 0 Å². The number of benzene rings is 2. The van der Waals surface area contributed by atoms with E-state index < -0.39 is 5.91 Å². The molecular weight excluding hydrogens is 360 g/mol. The molecule has 7 heteroatoms. The molecule has 1 heterocycles. The van der Waals surface area contributed by atoms with Crippen molar-refractivity contribution in [1.29, 1.82) is 0 Å². The molecule has 0 spiro atoms. The lowest BCUT2D eigenvalue weighted by atomic mass is 9.95. The van der Waals surface area contributed by atoms with Crippen LogP contribution in [-0.4, -0.2) is 34.9 Å². The number of pyridine rings is 1. The normalized spacial score (nSPS) is 10.6. The Labute approximate surface area is 161 Å². The molecule has 0 aliphatic rings. The van der Waals surface area contributed by atoms with Crippen LogP contribution in [0.4, 0.5) is 0 Å². The van der Waals surface area contributed by atoms with Crippen LogP contribution in [-0.2, 0) is 16.1 Å². The molecule has 28 heavy (non-hydrogen) atoms. The highest BCUT2D eigenvalue weighted by Crippen LogP contribution is 2.33. The number of aromatic nitrogens is 1.